The van der Waals surface area contributed by atoms with E-state index < -0.39 is 10.0 Å². The van der Waals surface area contributed by atoms with Gasteiger partial charge >= 0.3 is 0 Å². The maximum atomic E-state index is 12.5. The Kier molecular flexibility index (Phi) is 6.40. The summed E-state index contributed by atoms with van der Waals surface area (Å²) in [6.45, 7) is 0.396. The Morgan fingerprint density at radius 3 is 2.58 bits per heavy atom. The summed E-state index contributed by atoms with van der Waals surface area (Å²) in [6, 6.07) is 6.60. The van der Waals surface area contributed by atoms with Crippen LogP contribution >= 0.6 is 0 Å². The van der Waals surface area contributed by atoms with Crippen molar-refractivity contribution in [3.8, 4) is 0 Å². The van der Waals surface area contributed by atoms with Crippen LogP contribution in [-0.2, 0) is 21.3 Å². The van der Waals surface area contributed by atoms with Crippen LogP contribution in [0.2, 0.25) is 0 Å². The van der Waals surface area contributed by atoms with Crippen LogP contribution in [0.1, 0.15) is 5.56 Å². The van der Waals surface area contributed by atoms with Crippen LogP contribution in [-0.4, -0.2) is 51.2 Å². The fraction of sp³-hybridized carbons (Fsp3) is 0.500. The molecule has 0 fully saturated rings. The second-order valence-corrected chi connectivity index (χ2v) is 5.84. The van der Waals surface area contributed by atoms with Crippen LogP contribution < -0.4 is 5.73 Å². The molecular weight excluding hydrogens is 268 g/mol. The maximum absolute atomic E-state index is 12.5. The Balaban J connectivity index is 3.11. The highest BCUT2D eigenvalue weighted by Gasteiger charge is 2.25. The summed E-state index contributed by atoms with van der Waals surface area (Å²) in [4.78, 5) is 0.182. The van der Waals surface area contributed by atoms with E-state index in [1.54, 1.807) is 18.2 Å². The quantitative estimate of drug-likeness (QED) is 0.689. The molecule has 0 aliphatic rings. The van der Waals surface area contributed by atoms with Crippen LogP contribution in [0.25, 0.3) is 0 Å². The number of aliphatic hydroxyl groups is 1. The van der Waals surface area contributed by atoms with Crippen LogP contribution in [0.5, 0.6) is 0 Å². The Morgan fingerprint density at radius 1 is 1.32 bits per heavy atom. The number of ether oxygens (including phenoxy) is 1. The van der Waals surface area contributed by atoms with E-state index in [-0.39, 0.29) is 37.7 Å². The molecule has 1 rings (SSSR count). The van der Waals surface area contributed by atoms with Gasteiger partial charge in [0.05, 0.1) is 18.1 Å². The Bertz CT molecular complexity index is 490. The Labute approximate surface area is 113 Å². The van der Waals surface area contributed by atoms with Crippen molar-refractivity contribution in [2.75, 3.05) is 33.4 Å². The molecule has 6 nitrogen and oxygen atoms in total. The number of benzene rings is 1. The molecule has 0 aliphatic carbocycles. The number of sulfonamides is 1. The highest BCUT2D eigenvalue weighted by molar-refractivity contribution is 7.89. The van der Waals surface area contributed by atoms with Gasteiger partial charge in [-0.1, -0.05) is 18.2 Å². The second-order valence-electron chi connectivity index (χ2n) is 3.93. The molecule has 7 heteroatoms. The molecule has 0 aromatic heterocycles. The second kappa shape index (κ2) is 7.56. The maximum Gasteiger partial charge on any atom is 0.243 e. The predicted molar refractivity (Wildman–Crippen MR) is 72.1 cm³/mol. The molecule has 0 bridgehead atoms. The van der Waals surface area contributed by atoms with Gasteiger partial charge in [0, 0.05) is 26.7 Å². The molecular formula is C12H20N2O4S. The molecule has 1 aromatic carbocycles. The van der Waals surface area contributed by atoms with Crippen molar-refractivity contribution >= 4 is 10.0 Å². The van der Waals surface area contributed by atoms with Gasteiger partial charge in [0.25, 0.3) is 0 Å². The van der Waals surface area contributed by atoms with Gasteiger partial charge in [0.2, 0.25) is 10.0 Å². The summed E-state index contributed by atoms with van der Waals surface area (Å²) < 4.78 is 31.1. The first-order chi connectivity index (χ1) is 9.07. The first-order valence-corrected chi connectivity index (χ1v) is 7.39. The molecule has 1 aromatic rings. The lowest BCUT2D eigenvalue weighted by Crippen LogP contribution is -2.36. The fourth-order valence-electron chi connectivity index (χ4n) is 1.72. The standard InChI is InChI=1S/C12H20N2O4S/c1-18-9-7-14(6-8-15)19(16,17)12-5-3-2-4-11(12)10-13/h2-5,15H,6-10,13H2,1H3. The zero-order valence-electron chi connectivity index (χ0n) is 10.9. The lowest BCUT2D eigenvalue weighted by Gasteiger charge is -2.22. The molecule has 108 valence electrons. The molecule has 19 heavy (non-hydrogen) atoms. The van der Waals surface area contributed by atoms with E-state index in [1.807, 2.05) is 0 Å². The minimum Gasteiger partial charge on any atom is -0.395 e. The molecule has 0 saturated heterocycles. The van der Waals surface area contributed by atoms with Crippen molar-refractivity contribution in [3.05, 3.63) is 29.8 Å². The van der Waals surface area contributed by atoms with Gasteiger partial charge in [0.1, 0.15) is 0 Å². The summed E-state index contributed by atoms with van der Waals surface area (Å²) in [6.07, 6.45) is 0. The van der Waals surface area contributed by atoms with Crippen molar-refractivity contribution in [1.29, 1.82) is 0 Å². The third-order valence-corrected chi connectivity index (χ3v) is 4.70. The van der Waals surface area contributed by atoms with Crippen molar-refractivity contribution < 1.29 is 18.3 Å². The lowest BCUT2D eigenvalue weighted by molar-refractivity contribution is 0.168. The molecule has 0 saturated carbocycles. The summed E-state index contributed by atoms with van der Waals surface area (Å²) in [7, 11) is -2.17. The molecule has 0 heterocycles. The first-order valence-electron chi connectivity index (χ1n) is 5.95. The average Bonchev–Trinajstić information content (AvgIpc) is 2.43. The highest BCUT2D eigenvalue weighted by Crippen LogP contribution is 2.19. The number of hydrogen-bond acceptors (Lipinski definition) is 5. The normalized spacial score (nSPS) is 12.0. The van der Waals surface area contributed by atoms with E-state index in [1.165, 1.54) is 17.5 Å². The third kappa shape index (κ3) is 3.99. The number of methoxy groups -OCH3 is 1. The van der Waals surface area contributed by atoms with Crippen molar-refractivity contribution in [2.45, 2.75) is 11.4 Å². The third-order valence-electron chi connectivity index (χ3n) is 2.70. The highest BCUT2D eigenvalue weighted by atomic mass is 32.2. The minimum absolute atomic E-state index is 0.0323. The van der Waals surface area contributed by atoms with Crippen LogP contribution in [0, 0.1) is 0 Å². The van der Waals surface area contributed by atoms with Crippen molar-refractivity contribution in [1.82, 2.24) is 4.31 Å². The van der Waals surface area contributed by atoms with E-state index in [0.29, 0.717) is 5.56 Å². The van der Waals surface area contributed by atoms with E-state index in [0.717, 1.165) is 0 Å². The van der Waals surface area contributed by atoms with E-state index in [9.17, 15) is 8.42 Å². The minimum atomic E-state index is -3.66. The summed E-state index contributed by atoms with van der Waals surface area (Å²) in [5, 5.41) is 9.00. The van der Waals surface area contributed by atoms with Gasteiger partial charge < -0.3 is 15.6 Å². The number of aliphatic hydroxyl groups excluding tert-OH is 1. The van der Waals surface area contributed by atoms with E-state index in [4.69, 9.17) is 15.6 Å². The van der Waals surface area contributed by atoms with Gasteiger partial charge in [-0.3, -0.25) is 0 Å². The number of nitrogens with zero attached hydrogens (tertiary/aromatic N) is 1. The monoisotopic (exact) mass is 288 g/mol. The predicted octanol–water partition coefficient (Wildman–Crippen LogP) is -0.225. The summed E-state index contributed by atoms with van der Waals surface area (Å²) in [5.41, 5.74) is 6.12. The number of rotatable bonds is 8. The van der Waals surface area contributed by atoms with Crippen molar-refractivity contribution in [3.63, 3.8) is 0 Å². The Hall–Kier alpha value is -0.990. The van der Waals surface area contributed by atoms with Crippen LogP contribution in [0.3, 0.4) is 0 Å². The van der Waals surface area contributed by atoms with Gasteiger partial charge in [0.15, 0.2) is 0 Å². The molecule has 0 amide bonds. The van der Waals surface area contributed by atoms with Crippen molar-refractivity contribution in [2.24, 2.45) is 5.73 Å². The van der Waals surface area contributed by atoms with Gasteiger partial charge in [-0.2, -0.15) is 4.31 Å². The molecule has 0 atom stereocenters. The lowest BCUT2D eigenvalue weighted by atomic mass is 10.2. The van der Waals surface area contributed by atoms with Gasteiger partial charge in [-0.15, -0.1) is 0 Å². The number of hydrogen-bond donors (Lipinski definition) is 2. The fourth-order valence-corrected chi connectivity index (χ4v) is 3.37. The smallest absolute Gasteiger partial charge is 0.243 e. The van der Waals surface area contributed by atoms with E-state index >= 15 is 0 Å². The van der Waals surface area contributed by atoms with Gasteiger partial charge in [-0.25, -0.2) is 8.42 Å². The average molecular weight is 288 g/mol. The topological polar surface area (TPSA) is 92.9 Å². The zero-order chi connectivity index (χ0) is 14.3. The first kappa shape index (κ1) is 16.1. The summed E-state index contributed by atoms with van der Waals surface area (Å²) >= 11 is 0. The molecule has 0 aliphatic heterocycles. The Morgan fingerprint density at radius 2 is 2.00 bits per heavy atom. The zero-order valence-corrected chi connectivity index (χ0v) is 11.8. The number of nitrogens with two attached hydrogens (primary N) is 1. The van der Waals surface area contributed by atoms with E-state index in [2.05, 4.69) is 0 Å². The van der Waals surface area contributed by atoms with Crippen LogP contribution in [0.4, 0.5) is 0 Å². The molecule has 0 radical (unpaired) electrons. The molecule has 0 spiro atoms. The molecule has 0 unspecified atom stereocenters. The summed E-state index contributed by atoms with van der Waals surface area (Å²) in [5.74, 6) is 0. The van der Waals surface area contributed by atoms with Gasteiger partial charge in [-0.05, 0) is 11.6 Å². The molecule has 3 N–H and O–H groups in total. The van der Waals surface area contributed by atoms with Crippen LogP contribution in [0.15, 0.2) is 29.2 Å². The SMILES string of the molecule is COCCN(CCO)S(=O)(=O)c1ccccc1CN. The largest absolute Gasteiger partial charge is 0.395 e.